The van der Waals surface area contributed by atoms with Gasteiger partial charge >= 0.3 is 0 Å². The summed E-state index contributed by atoms with van der Waals surface area (Å²) in [7, 11) is 0. The first-order chi connectivity index (χ1) is 11.6. The highest BCUT2D eigenvalue weighted by Crippen LogP contribution is 2.31. The molecule has 0 unspecified atom stereocenters. The number of carbonyl (C=O) groups excluding carboxylic acids is 1. The van der Waals surface area contributed by atoms with Crippen molar-refractivity contribution in [2.75, 3.05) is 19.6 Å². The Kier molecular flexibility index (Phi) is 4.05. The van der Waals surface area contributed by atoms with Gasteiger partial charge in [-0.2, -0.15) is 0 Å². The van der Waals surface area contributed by atoms with Crippen LogP contribution >= 0.6 is 11.3 Å². The Bertz CT molecular complexity index is 751. The molecule has 1 amide bonds. The number of hydrogen-bond acceptors (Lipinski definition) is 4. The minimum atomic E-state index is -0.673. The third-order valence-corrected chi connectivity index (χ3v) is 5.89. The number of halogens is 2. The Labute approximate surface area is 142 Å². The zero-order valence-corrected chi connectivity index (χ0v) is 13.8. The molecule has 1 N–H and O–H groups in total. The zero-order valence-electron chi connectivity index (χ0n) is 13.0. The molecular formula is C17H17F2N3OS. The number of rotatable bonds is 3. The Hall–Kier alpha value is -1.86. The van der Waals surface area contributed by atoms with Crippen LogP contribution in [0.25, 0.3) is 10.6 Å². The molecule has 24 heavy (non-hydrogen) atoms. The summed E-state index contributed by atoms with van der Waals surface area (Å²) >= 11 is 1.01. The predicted octanol–water partition coefficient (Wildman–Crippen LogP) is 2.91. The van der Waals surface area contributed by atoms with Gasteiger partial charge in [0.1, 0.15) is 21.5 Å². The van der Waals surface area contributed by atoms with Gasteiger partial charge in [0, 0.05) is 12.6 Å². The van der Waals surface area contributed by atoms with Gasteiger partial charge in [0.05, 0.1) is 11.8 Å². The number of nitrogens with one attached hydrogen (secondary N) is 1. The van der Waals surface area contributed by atoms with Gasteiger partial charge in [-0.1, -0.05) is 6.07 Å². The number of benzene rings is 1. The molecule has 1 aromatic carbocycles. The summed E-state index contributed by atoms with van der Waals surface area (Å²) in [6, 6.07) is 3.83. The number of nitrogens with zero attached hydrogens (tertiary/aromatic N) is 2. The summed E-state index contributed by atoms with van der Waals surface area (Å²) in [5.41, 5.74) is -0.176. The number of piperidine rings is 3. The van der Waals surface area contributed by atoms with E-state index in [0.717, 1.165) is 43.8 Å². The van der Waals surface area contributed by atoms with Crippen molar-refractivity contribution in [1.82, 2.24) is 15.2 Å². The standard InChI is InChI=1S/C17H17F2N3OS/c18-11-2-1-3-12(19)15(11)17-20-8-14(24-17)16(23)21-13-9-22-6-4-10(13)5-7-22/h1-3,8,10,13H,4-7,9H2,(H,21,23)/t13-/m0/s1. The normalized spacial score (nSPS) is 25.7. The van der Waals surface area contributed by atoms with Gasteiger partial charge in [-0.15, -0.1) is 11.3 Å². The summed E-state index contributed by atoms with van der Waals surface area (Å²) < 4.78 is 27.7. The molecule has 4 nitrogen and oxygen atoms in total. The van der Waals surface area contributed by atoms with E-state index in [9.17, 15) is 13.6 Å². The molecule has 3 fully saturated rings. The van der Waals surface area contributed by atoms with Gasteiger partial charge in [0.25, 0.3) is 5.91 Å². The lowest BCUT2D eigenvalue weighted by Gasteiger charge is -2.44. The number of hydrogen-bond donors (Lipinski definition) is 1. The highest BCUT2D eigenvalue weighted by molar-refractivity contribution is 7.16. The third-order valence-electron chi connectivity index (χ3n) is 4.88. The van der Waals surface area contributed by atoms with Gasteiger partial charge < -0.3 is 10.2 Å². The minimum absolute atomic E-state index is 0.149. The smallest absolute Gasteiger partial charge is 0.263 e. The fourth-order valence-electron chi connectivity index (χ4n) is 3.56. The van der Waals surface area contributed by atoms with Crippen LogP contribution in [0.4, 0.5) is 8.78 Å². The second-order valence-electron chi connectivity index (χ2n) is 6.34. The van der Waals surface area contributed by atoms with E-state index in [0.29, 0.717) is 10.8 Å². The van der Waals surface area contributed by atoms with Gasteiger partial charge in [-0.05, 0) is 44.0 Å². The average Bonchev–Trinajstić information content (AvgIpc) is 3.05. The first-order valence-electron chi connectivity index (χ1n) is 8.05. The number of amides is 1. The highest BCUT2D eigenvalue weighted by Gasteiger charge is 2.35. The van der Waals surface area contributed by atoms with E-state index in [1.807, 2.05) is 0 Å². The SMILES string of the molecule is O=C(N[C@H]1CN2CCC1CC2)c1cnc(-c2c(F)cccc2F)s1. The van der Waals surface area contributed by atoms with Gasteiger partial charge in [-0.3, -0.25) is 4.79 Å². The van der Waals surface area contributed by atoms with E-state index in [1.165, 1.54) is 24.4 Å². The van der Waals surface area contributed by atoms with E-state index >= 15 is 0 Å². The maximum atomic E-state index is 13.8. The molecule has 3 saturated heterocycles. The van der Waals surface area contributed by atoms with Gasteiger partial charge in [0.2, 0.25) is 0 Å². The van der Waals surface area contributed by atoms with Crippen molar-refractivity contribution >= 4 is 17.2 Å². The fourth-order valence-corrected chi connectivity index (χ4v) is 4.43. The summed E-state index contributed by atoms with van der Waals surface area (Å²) in [6.07, 6.45) is 3.61. The first kappa shape index (κ1) is 15.7. The molecule has 2 aromatic rings. The van der Waals surface area contributed by atoms with Crippen molar-refractivity contribution in [3.63, 3.8) is 0 Å². The van der Waals surface area contributed by atoms with Crippen LogP contribution in [0.15, 0.2) is 24.4 Å². The van der Waals surface area contributed by atoms with E-state index < -0.39 is 11.6 Å². The maximum absolute atomic E-state index is 13.8. The largest absolute Gasteiger partial charge is 0.347 e. The fraction of sp³-hybridized carbons (Fsp3) is 0.412. The third kappa shape index (κ3) is 2.82. The number of aromatic nitrogens is 1. The monoisotopic (exact) mass is 349 g/mol. The quantitative estimate of drug-likeness (QED) is 0.927. The molecule has 126 valence electrons. The zero-order chi connectivity index (χ0) is 16.7. The molecule has 3 aliphatic heterocycles. The Morgan fingerprint density at radius 2 is 1.96 bits per heavy atom. The van der Waals surface area contributed by atoms with Crippen LogP contribution in [0.1, 0.15) is 22.5 Å². The van der Waals surface area contributed by atoms with Crippen LogP contribution in [0, 0.1) is 17.6 Å². The molecule has 0 aliphatic carbocycles. The molecule has 0 spiro atoms. The molecule has 4 heterocycles. The summed E-state index contributed by atoms with van der Waals surface area (Å²) in [6.45, 7) is 3.09. The molecule has 5 rings (SSSR count). The lowest BCUT2D eigenvalue weighted by atomic mass is 9.84. The van der Waals surface area contributed by atoms with Crippen molar-refractivity contribution in [2.24, 2.45) is 5.92 Å². The van der Waals surface area contributed by atoms with Crippen molar-refractivity contribution in [3.05, 3.63) is 40.9 Å². The van der Waals surface area contributed by atoms with Crippen molar-refractivity contribution in [2.45, 2.75) is 18.9 Å². The molecule has 2 bridgehead atoms. The molecule has 0 saturated carbocycles. The van der Waals surface area contributed by atoms with E-state index in [4.69, 9.17) is 0 Å². The van der Waals surface area contributed by atoms with Crippen molar-refractivity contribution in [3.8, 4) is 10.6 Å². The number of carbonyl (C=O) groups is 1. The average molecular weight is 349 g/mol. The van der Waals surface area contributed by atoms with Crippen LogP contribution < -0.4 is 5.32 Å². The summed E-state index contributed by atoms with van der Waals surface area (Å²) in [5, 5.41) is 3.25. The van der Waals surface area contributed by atoms with Crippen LogP contribution in [-0.2, 0) is 0 Å². The maximum Gasteiger partial charge on any atom is 0.263 e. The number of thiazole rings is 1. The molecule has 1 aromatic heterocycles. The van der Waals surface area contributed by atoms with Crippen LogP contribution in [-0.4, -0.2) is 41.5 Å². The molecule has 3 aliphatic rings. The molecule has 0 radical (unpaired) electrons. The first-order valence-corrected chi connectivity index (χ1v) is 8.87. The summed E-state index contributed by atoms with van der Waals surface area (Å²) in [4.78, 5) is 19.2. The number of fused-ring (bicyclic) bond motifs is 3. The van der Waals surface area contributed by atoms with Crippen molar-refractivity contribution in [1.29, 1.82) is 0 Å². The predicted molar refractivity (Wildman–Crippen MR) is 87.9 cm³/mol. The Morgan fingerprint density at radius 3 is 2.58 bits per heavy atom. The van der Waals surface area contributed by atoms with E-state index in [-0.39, 0.29) is 22.5 Å². The lowest BCUT2D eigenvalue weighted by molar-refractivity contribution is 0.0622. The molecule has 7 heteroatoms. The molecular weight excluding hydrogens is 332 g/mol. The topological polar surface area (TPSA) is 45.2 Å². The van der Waals surface area contributed by atoms with Crippen LogP contribution in [0.5, 0.6) is 0 Å². The lowest BCUT2D eigenvalue weighted by Crippen LogP contribution is -2.57. The second kappa shape index (κ2) is 6.22. The van der Waals surface area contributed by atoms with E-state index in [2.05, 4.69) is 15.2 Å². The van der Waals surface area contributed by atoms with Crippen molar-refractivity contribution < 1.29 is 13.6 Å². The Morgan fingerprint density at radius 1 is 1.25 bits per heavy atom. The Balaban J connectivity index is 1.51. The van der Waals surface area contributed by atoms with E-state index in [1.54, 1.807) is 0 Å². The molecule has 1 atom stereocenters. The van der Waals surface area contributed by atoms with Crippen LogP contribution in [0.3, 0.4) is 0 Å². The van der Waals surface area contributed by atoms with Crippen LogP contribution in [0.2, 0.25) is 0 Å². The summed E-state index contributed by atoms with van der Waals surface area (Å²) in [5.74, 6) is -1.04. The van der Waals surface area contributed by atoms with Gasteiger partial charge in [0.15, 0.2) is 0 Å². The second-order valence-corrected chi connectivity index (χ2v) is 7.37. The highest BCUT2D eigenvalue weighted by atomic mass is 32.1. The van der Waals surface area contributed by atoms with Gasteiger partial charge in [-0.25, -0.2) is 13.8 Å². The minimum Gasteiger partial charge on any atom is -0.347 e.